The predicted molar refractivity (Wildman–Crippen MR) is 62.7 cm³/mol. The summed E-state index contributed by atoms with van der Waals surface area (Å²) in [5.74, 6) is 0.328. The minimum Gasteiger partial charge on any atom is -0.299 e. The molecule has 1 nitrogen and oxygen atoms in total. The second kappa shape index (κ2) is 4.54. The predicted octanol–water partition coefficient (Wildman–Crippen LogP) is 4.22. The van der Waals surface area contributed by atoms with Crippen LogP contribution in [0.4, 0.5) is 0 Å². The second-order valence-electron chi connectivity index (χ2n) is 3.97. The van der Waals surface area contributed by atoms with Crippen LogP contribution in [0.1, 0.15) is 37.2 Å². The van der Waals surface area contributed by atoms with Crippen LogP contribution in [0.2, 0.25) is 10.0 Å². The van der Waals surface area contributed by atoms with Gasteiger partial charge in [-0.1, -0.05) is 29.6 Å². The van der Waals surface area contributed by atoms with E-state index in [1.54, 1.807) is 6.07 Å². The number of benzene rings is 1. The molecule has 1 unspecified atom stereocenters. The molecule has 0 bridgehead atoms. The molecule has 2 rings (SSSR count). The zero-order valence-electron chi connectivity index (χ0n) is 8.30. The minimum absolute atomic E-state index is 0.00921. The first kappa shape index (κ1) is 11.0. The summed E-state index contributed by atoms with van der Waals surface area (Å²) >= 11 is 11.8. The molecule has 0 heterocycles. The molecule has 3 heteroatoms. The second-order valence-corrected chi connectivity index (χ2v) is 4.84. The van der Waals surface area contributed by atoms with E-state index in [1.807, 2.05) is 12.1 Å². The molecule has 1 saturated carbocycles. The van der Waals surface area contributed by atoms with Gasteiger partial charge in [0.1, 0.15) is 5.78 Å². The number of rotatable bonds is 1. The van der Waals surface area contributed by atoms with E-state index in [-0.39, 0.29) is 5.92 Å². The lowest BCUT2D eigenvalue weighted by Gasteiger charge is -2.21. The standard InChI is InChI=1S/C12H12Cl2O/c13-9-5-8(6-10(14)7-9)11-3-1-2-4-12(11)15/h5-7,11H,1-4H2. The molecule has 0 saturated heterocycles. The van der Waals surface area contributed by atoms with Crippen LogP contribution >= 0.6 is 23.2 Å². The molecule has 0 spiro atoms. The van der Waals surface area contributed by atoms with E-state index in [1.165, 1.54) is 0 Å². The van der Waals surface area contributed by atoms with Gasteiger partial charge in [-0.25, -0.2) is 0 Å². The van der Waals surface area contributed by atoms with E-state index < -0.39 is 0 Å². The molecule has 0 amide bonds. The zero-order chi connectivity index (χ0) is 10.8. The molecule has 0 aliphatic heterocycles. The SMILES string of the molecule is O=C1CCCCC1c1cc(Cl)cc(Cl)c1. The third-order valence-corrected chi connectivity index (χ3v) is 3.28. The first-order chi connectivity index (χ1) is 7.16. The maximum atomic E-state index is 11.7. The van der Waals surface area contributed by atoms with Gasteiger partial charge in [0.05, 0.1) is 0 Å². The molecular weight excluding hydrogens is 231 g/mol. The van der Waals surface area contributed by atoms with Crippen LogP contribution in [-0.4, -0.2) is 5.78 Å². The number of ketones is 1. The van der Waals surface area contributed by atoms with Gasteiger partial charge in [0.2, 0.25) is 0 Å². The molecule has 1 aromatic rings. The van der Waals surface area contributed by atoms with Crippen LogP contribution in [0.3, 0.4) is 0 Å². The largest absolute Gasteiger partial charge is 0.299 e. The van der Waals surface area contributed by atoms with Crippen LogP contribution in [0.15, 0.2) is 18.2 Å². The highest BCUT2D eigenvalue weighted by atomic mass is 35.5. The van der Waals surface area contributed by atoms with E-state index >= 15 is 0 Å². The van der Waals surface area contributed by atoms with Crippen LogP contribution in [-0.2, 0) is 4.79 Å². The van der Waals surface area contributed by atoms with Crippen molar-refractivity contribution in [2.75, 3.05) is 0 Å². The van der Waals surface area contributed by atoms with Crippen molar-refractivity contribution in [1.82, 2.24) is 0 Å². The highest BCUT2D eigenvalue weighted by Crippen LogP contribution is 2.32. The van der Waals surface area contributed by atoms with Crippen molar-refractivity contribution in [2.45, 2.75) is 31.6 Å². The molecule has 0 aromatic heterocycles. The summed E-state index contributed by atoms with van der Waals surface area (Å²) in [6.07, 6.45) is 3.74. The molecule has 1 atom stereocenters. The summed E-state index contributed by atoms with van der Waals surface area (Å²) in [4.78, 5) is 11.7. The third kappa shape index (κ3) is 2.53. The summed E-state index contributed by atoms with van der Waals surface area (Å²) in [6.45, 7) is 0. The molecule has 1 aromatic carbocycles. The topological polar surface area (TPSA) is 17.1 Å². The molecular formula is C12H12Cl2O. The summed E-state index contributed by atoms with van der Waals surface area (Å²) < 4.78 is 0. The Kier molecular flexibility index (Phi) is 3.32. The fourth-order valence-corrected chi connectivity index (χ4v) is 2.65. The fourth-order valence-electron chi connectivity index (χ4n) is 2.11. The lowest BCUT2D eigenvalue weighted by Crippen LogP contribution is -2.16. The quantitative estimate of drug-likeness (QED) is 0.721. The van der Waals surface area contributed by atoms with Crippen LogP contribution < -0.4 is 0 Å². The lowest BCUT2D eigenvalue weighted by atomic mass is 9.83. The van der Waals surface area contributed by atoms with E-state index in [9.17, 15) is 4.79 Å². The van der Waals surface area contributed by atoms with Gasteiger partial charge in [0.25, 0.3) is 0 Å². The summed E-state index contributed by atoms with van der Waals surface area (Å²) in [5.41, 5.74) is 0.970. The first-order valence-electron chi connectivity index (χ1n) is 5.15. The minimum atomic E-state index is 0.00921. The molecule has 80 valence electrons. The molecule has 1 aliphatic carbocycles. The van der Waals surface area contributed by atoms with Gasteiger partial charge < -0.3 is 0 Å². The van der Waals surface area contributed by atoms with Crippen molar-refractivity contribution >= 4 is 29.0 Å². The molecule has 1 fully saturated rings. The number of carbonyl (C=O) groups is 1. The Bertz CT molecular complexity index is 367. The van der Waals surface area contributed by atoms with Gasteiger partial charge in [-0.05, 0) is 36.6 Å². The van der Waals surface area contributed by atoms with E-state index in [2.05, 4.69) is 0 Å². The molecule has 1 aliphatic rings. The Hall–Kier alpha value is -0.530. The smallest absolute Gasteiger partial charge is 0.140 e. The molecule has 15 heavy (non-hydrogen) atoms. The summed E-state index contributed by atoms with van der Waals surface area (Å²) in [5, 5.41) is 1.21. The van der Waals surface area contributed by atoms with Crippen LogP contribution in [0.25, 0.3) is 0 Å². The Balaban J connectivity index is 2.31. The monoisotopic (exact) mass is 242 g/mol. The maximum Gasteiger partial charge on any atom is 0.140 e. The average Bonchev–Trinajstić information content (AvgIpc) is 2.16. The van der Waals surface area contributed by atoms with Crippen molar-refractivity contribution in [2.24, 2.45) is 0 Å². The van der Waals surface area contributed by atoms with E-state index in [4.69, 9.17) is 23.2 Å². The van der Waals surface area contributed by atoms with Crippen molar-refractivity contribution in [3.8, 4) is 0 Å². The Morgan fingerprint density at radius 2 is 1.73 bits per heavy atom. The number of halogens is 2. The summed E-state index contributed by atoms with van der Waals surface area (Å²) in [6, 6.07) is 5.39. The molecule has 0 radical (unpaired) electrons. The number of hydrogen-bond acceptors (Lipinski definition) is 1. The maximum absolute atomic E-state index is 11.7. The Morgan fingerprint density at radius 1 is 1.07 bits per heavy atom. The summed E-state index contributed by atoms with van der Waals surface area (Å²) in [7, 11) is 0. The lowest BCUT2D eigenvalue weighted by molar-refractivity contribution is -0.121. The van der Waals surface area contributed by atoms with Crippen LogP contribution in [0, 0.1) is 0 Å². The van der Waals surface area contributed by atoms with Crippen molar-refractivity contribution in [1.29, 1.82) is 0 Å². The fraction of sp³-hybridized carbons (Fsp3) is 0.417. The number of hydrogen-bond donors (Lipinski definition) is 0. The Morgan fingerprint density at radius 3 is 2.33 bits per heavy atom. The highest BCUT2D eigenvalue weighted by molar-refractivity contribution is 6.34. The van der Waals surface area contributed by atoms with Crippen molar-refractivity contribution in [3.05, 3.63) is 33.8 Å². The highest BCUT2D eigenvalue weighted by Gasteiger charge is 2.24. The van der Waals surface area contributed by atoms with Gasteiger partial charge in [-0.2, -0.15) is 0 Å². The van der Waals surface area contributed by atoms with E-state index in [0.29, 0.717) is 22.2 Å². The zero-order valence-corrected chi connectivity index (χ0v) is 9.81. The normalized spacial score (nSPS) is 21.7. The van der Waals surface area contributed by atoms with Gasteiger partial charge in [-0.15, -0.1) is 0 Å². The van der Waals surface area contributed by atoms with Gasteiger partial charge >= 0.3 is 0 Å². The van der Waals surface area contributed by atoms with Crippen molar-refractivity contribution < 1.29 is 4.79 Å². The van der Waals surface area contributed by atoms with Gasteiger partial charge in [-0.3, -0.25) is 4.79 Å². The first-order valence-corrected chi connectivity index (χ1v) is 5.91. The van der Waals surface area contributed by atoms with Crippen molar-refractivity contribution in [3.63, 3.8) is 0 Å². The van der Waals surface area contributed by atoms with E-state index in [0.717, 1.165) is 24.8 Å². The number of Topliss-reactive ketones (excluding diaryl/α,β-unsaturated/α-hetero) is 1. The van der Waals surface area contributed by atoms with Crippen LogP contribution in [0.5, 0.6) is 0 Å². The van der Waals surface area contributed by atoms with Gasteiger partial charge in [0.15, 0.2) is 0 Å². The van der Waals surface area contributed by atoms with Gasteiger partial charge in [0, 0.05) is 22.4 Å². The average molecular weight is 243 g/mol. The molecule has 0 N–H and O–H groups in total. The Labute approximate surface area is 99.4 Å². The third-order valence-electron chi connectivity index (χ3n) is 2.84. The number of carbonyl (C=O) groups excluding carboxylic acids is 1.